The van der Waals surface area contributed by atoms with Gasteiger partial charge in [0.15, 0.2) is 4.80 Å². The Labute approximate surface area is 166 Å². The highest BCUT2D eigenvalue weighted by atomic mass is 32.1. The summed E-state index contributed by atoms with van der Waals surface area (Å²) in [5.41, 5.74) is 3.07. The molecule has 7 heteroatoms. The van der Waals surface area contributed by atoms with Crippen molar-refractivity contribution in [1.82, 2.24) is 4.57 Å². The number of amides is 1. The van der Waals surface area contributed by atoms with Crippen molar-refractivity contribution in [1.29, 1.82) is 0 Å². The van der Waals surface area contributed by atoms with Gasteiger partial charge in [-0.15, -0.1) is 0 Å². The monoisotopic (exact) mass is 398 g/mol. The lowest BCUT2D eigenvalue weighted by atomic mass is 10.1. The molecule has 0 radical (unpaired) electrons. The van der Waals surface area contributed by atoms with Gasteiger partial charge in [0.05, 0.1) is 23.9 Å². The Morgan fingerprint density at radius 2 is 1.93 bits per heavy atom. The maximum absolute atomic E-state index is 12.7. The van der Waals surface area contributed by atoms with Gasteiger partial charge in [-0.3, -0.25) is 4.79 Å². The van der Waals surface area contributed by atoms with E-state index in [2.05, 4.69) is 4.99 Å². The minimum absolute atomic E-state index is 0.0865. The maximum Gasteiger partial charge on any atom is 0.328 e. The van der Waals surface area contributed by atoms with Crippen molar-refractivity contribution in [3.63, 3.8) is 0 Å². The van der Waals surface area contributed by atoms with E-state index >= 15 is 0 Å². The predicted molar refractivity (Wildman–Crippen MR) is 108 cm³/mol. The molecule has 0 fully saturated rings. The third kappa shape index (κ3) is 3.90. The minimum atomic E-state index is -0.594. The number of ether oxygens (including phenoxy) is 1. The van der Waals surface area contributed by atoms with Gasteiger partial charge in [-0.1, -0.05) is 42.0 Å². The van der Waals surface area contributed by atoms with E-state index < -0.39 is 12.0 Å². The Morgan fingerprint density at radius 1 is 1.21 bits per heavy atom. The zero-order valence-corrected chi connectivity index (χ0v) is 16.8. The average Bonchev–Trinajstić information content (AvgIpc) is 3.05. The fourth-order valence-electron chi connectivity index (χ4n) is 3.00. The normalized spacial score (nSPS) is 12.9. The first kappa shape index (κ1) is 20.0. The van der Waals surface area contributed by atoms with E-state index in [4.69, 9.17) is 4.74 Å². The van der Waals surface area contributed by atoms with Crippen LogP contribution in [0.5, 0.6) is 0 Å². The van der Waals surface area contributed by atoms with Crippen molar-refractivity contribution in [2.45, 2.75) is 32.9 Å². The topological polar surface area (TPSA) is 80.9 Å². The van der Waals surface area contributed by atoms with Gasteiger partial charge in [-0.05, 0) is 43.2 Å². The highest BCUT2D eigenvalue weighted by Crippen LogP contribution is 2.25. The molecule has 0 saturated heterocycles. The van der Waals surface area contributed by atoms with E-state index in [-0.39, 0.29) is 12.5 Å². The van der Waals surface area contributed by atoms with Gasteiger partial charge in [0.1, 0.15) is 6.04 Å². The minimum Gasteiger partial charge on any atom is -0.467 e. The number of esters is 1. The zero-order valence-electron chi connectivity index (χ0n) is 16.0. The molecule has 3 rings (SSSR count). The molecular formula is C21H22N2O4S. The Balaban J connectivity index is 2.21. The van der Waals surface area contributed by atoms with E-state index in [0.717, 1.165) is 21.3 Å². The van der Waals surface area contributed by atoms with Crippen molar-refractivity contribution in [2.24, 2.45) is 4.99 Å². The van der Waals surface area contributed by atoms with Crippen molar-refractivity contribution in [2.75, 3.05) is 7.11 Å². The number of methoxy groups -OCH3 is 1. The quantitative estimate of drug-likeness (QED) is 0.668. The summed E-state index contributed by atoms with van der Waals surface area (Å²) in [7, 11) is 1.35. The van der Waals surface area contributed by atoms with Crippen LogP contribution in [0, 0.1) is 6.92 Å². The fraction of sp³-hybridized carbons (Fsp3) is 0.286. The number of nitrogens with zero attached hydrogens (tertiary/aromatic N) is 2. The molecule has 1 amide bonds. The second-order valence-corrected chi connectivity index (χ2v) is 7.45. The third-order valence-electron chi connectivity index (χ3n) is 4.54. The Morgan fingerprint density at radius 3 is 2.54 bits per heavy atom. The summed E-state index contributed by atoms with van der Waals surface area (Å²) in [5, 5.41) is 9.42. The number of fused-ring (bicyclic) bond motifs is 1. The van der Waals surface area contributed by atoms with E-state index in [1.165, 1.54) is 18.4 Å². The molecular weight excluding hydrogens is 376 g/mol. The lowest BCUT2D eigenvalue weighted by molar-refractivity contribution is -0.144. The van der Waals surface area contributed by atoms with Crippen LogP contribution >= 0.6 is 11.3 Å². The van der Waals surface area contributed by atoms with Crippen LogP contribution in [0.25, 0.3) is 10.2 Å². The number of aryl methyl sites for hydroxylation is 1. The van der Waals surface area contributed by atoms with Gasteiger partial charge in [0, 0.05) is 5.56 Å². The standard InChI is InChI=1S/C21H22N2O4S/c1-4-16(20(26)27-3)23-17-10-7-14(12-24)11-18(17)28-21(23)22-19(25)15-8-5-13(2)6-9-15/h5-11,16,24H,4,12H2,1-3H3/b22-21-. The summed E-state index contributed by atoms with van der Waals surface area (Å²) in [4.78, 5) is 29.8. The number of aliphatic hydroxyl groups excluding tert-OH is 1. The summed E-state index contributed by atoms with van der Waals surface area (Å²) >= 11 is 1.31. The van der Waals surface area contributed by atoms with Gasteiger partial charge in [0.25, 0.3) is 5.91 Å². The van der Waals surface area contributed by atoms with Gasteiger partial charge in [-0.2, -0.15) is 4.99 Å². The van der Waals surface area contributed by atoms with Crippen molar-refractivity contribution >= 4 is 33.4 Å². The predicted octanol–water partition coefficient (Wildman–Crippen LogP) is 3.37. The highest BCUT2D eigenvalue weighted by Gasteiger charge is 2.23. The fourth-order valence-corrected chi connectivity index (χ4v) is 4.13. The van der Waals surface area contributed by atoms with Crippen LogP contribution in [0.2, 0.25) is 0 Å². The average molecular weight is 398 g/mol. The number of carbonyl (C=O) groups is 2. The Hall–Kier alpha value is -2.77. The highest BCUT2D eigenvalue weighted by molar-refractivity contribution is 7.16. The zero-order chi connectivity index (χ0) is 20.3. The molecule has 0 aliphatic heterocycles. The molecule has 146 valence electrons. The third-order valence-corrected chi connectivity index (χ3v) is 5.56. The number of benzene rings is 2. The molecule has 0 bridgehead atoms. The molecule has 3 aromatic rings. The van der Waals surface area contributed by atoms with Crippen LogP contribution in [0.1, 0.15) is 40.9 Å². The summed E-state index contributed by atoms with van der Waals surface area (Å²) in [6.07, 6.45) is 0.492. The van der Waals surface area contributed by atoms with Gasteiger partial charge < -0.3 is 14.4 Å². The first-order valence-corrected chi connectivity index (χ1v) is 9.78. The van der Waals surface area contributed by atoms with Crippen LogP contribution in [-0.2, 0) is 16.1 Å². The molecule has 6 nitrogen and oxygen atoms in total. The molecule has 1 aromatic heterocycles. The number of rotatable bonds is 5. The number of aliphatic hydroxyl groups is 1. The summed E-state index contributed by atoms with van der Waals surface area (Å²) in [6.45, 7) is 3.74. The molecule has 1 atom stereocenters. The number of hydrogen-bond donors (Lipinski definition) is 1. The molecule has 1 heterocycles. The molecule has 2 aromatic carbocycles. The van der Waals surface area contributed by atoms with Gasteiger partial charge in [0.2, 0.25) is 0 Å². The molecule has 1 unspecified atom stereocenters. The SMILES string of the molecule is CCC(C(=O)OC)n1/c(=N/C(=O)c2ccc(C)cc2)sc2cc(CO)ccc21. The molecule has 1 N–H and O–H groups in total. The van der Waals surface area contributed by atoms with Crippen molar-refractivity contribution in [3.05, 3.63) is 64.0 Å². The van der Waals surface area contributed by atoms with E-state index in [1.54, 1.807) is 22.8 Å². The van der Waals surface area contributed by atoms with E-state index in [1.807, 2.05) is 38.1 Å². The smallest absolute Gasteiger partial charge is 0.328 e. The summed E-state index contributed by atoms with van der Waals surface area (Å²) < 4.78 is 7.54. The van der Waals surface area contributed by atoms with Crippen LogP contribution in [-0.4, -0.2) is 28.7 Å². The number of hydrogen-bond acceptors (Lipinski definition) is 5. The van der Waals surface area contributed by atoms with E-state index in [0.29, 0.717) is 16.8 Å². The van der Waals surface area contributed by atoms with Crippen LogP contribution in [0.4, 0.5) is 0 Å². The molecule has 0 spiro atoms. The second-order valence-electron chi connectivity index (χ2n) is 6.45. The lowest BCUT2D eigenvalue weighted by Gasteiger charge is -2.15. The number of aromatic nitrogens is 1. The van der Waals surface area contributed by atoms with Gasteiger partial charge in [-0.25, -0.2) is 4.79 Å². The van der Waals surface area contributed by atoms with Crippen molar-refractivity contribution < 1.29 is 19.4 Å². The van der Waals surface area contributed by atoms with E-state index in [9.17, 15) is 14.7 Å². The first-order valence-electron chi connectivity index (χ1n) is 8.96. The molecule has 28 heavy (non-hydrogen) atoms. The first-order chi connectivity index (χ1) is 13.5. The maximum atomic E-state index is 12.7. The van der Waals surface area contributed by atoms with Crippen LogP contribution in [0.3, 0.4) is 0 Å². The summed E-state index contributed by atoms with van der Waals surface area (Å²) in [5.74, 6) is -0.764. The summed E-state index contributed by atoms with van der Waals surface area (Å²) in [6, 6.07) is 12.1. The second kappa shape index (κ2) is 8.50. The van der Waals surface area contributed by atoms with Crippen LogP contribution in [0.15, 0.2) is 47.5 Å². The largest absolute Gasteiger partial charge is 0.467 e. The molecule has 0 aliphatic carbocycles. The van der Waals surface area contributed by atoms with Crippen LogP contribution < -0.4 is 4.80 Å². The number of carbonyl (C=O) groups excluding carboxylic acids is 2. The van der Waals surface area contributed by atoms with Crippen molar-refractivity contribution in [3.8, 4) is 0 Å². The van der Waals surface area contributed by atoms with Gasteiger partial charge >= 0.3 is 5.97 Å². The molecule has 0 saturated carbocycles. The lowest BCUT2D eigenvalue weighted by Crippen LogP contribution is -2.28. The number of thiazole rings is 1. The Bertz CT molecular complexity index is 1080. The molecule has 0 aliphatic rings. The Kier molecular flexibility index (Phi) is 6.06.